The topological polar surface area (TPSA) is 18.5 Å². The quantitative estimate of drug-likeness (QED) is 0.595. The Morgan fingerprint density at radius 3 is 2.38 bits per heavy atom. The van der Waals surface area contributed by atoms with E-state index in [1.807, 2.05) is 0 Å². The van der Waals surface area contributed by atoms with Crippen molar-refractivity contribution < 1.29 is 9.47 Å². The first-order valence-corrected chi connectivity index (χ1v) is 9.79. The Bertz CT molecular complexity index is 786. The number of fused-ring (bicyclic) bond motifs is 3. The van der Waals surface area contributed by atoms with Crippen LogP contribution in [0.3, 0.4) is 0 Å². The van der Waals surface area contributed by atoms with E-state index in [9.17, 15) is 0 Å². The summed E-state index contributed by atoms with van der Waals surface area (Å²) in [5, 5.41) is 0. The van der Waals surface area contributed by atoms with Gasteiger partial charge in [0.25, 0.3) is 0 Å². The first kappa shape index (κ1) is 17.6. The van der Waals surface area contributed by atoms with Crippen LogP contribution in [0, 0.1) is 5.92 Å². The lowest BCUT2D eigenvalue weighted by Gasteiger charge is -2.49. The van der Waals surface area contributed by atoms with Crippen molar-refractivity contribution in [3.63, 3.8) is 0 Å². The van der Waals surface area contributed by atoms with E-state index in [4.69, 9.17) is 9.47 Å². The van der Waals surface area contributed by atoms with Crippen LogP contribution in [0.15, 0.2) is 48.5 Å². The van der Waals surface area contributed by atoms with E-state index in [-0.39, 0.29) is 23.2 Å². The van der Waals surface area contributed by atoms with Crippen molar-refractivity contribution in [2.75, 3.05) is 0 Å². The van der Waals surface area contributed by atoms with Crippen LogP contribution < -0.4 is 4.74 Å². The molecule has 0 aromatic heterocycles. The summed E-state index contributed by atoms with van der Waals surface area (Å²) in [7, 11) is 0. The molecule has 2 aromatic rings. The summed E-state index contributed by atoms with van der Waals surface area (Å²) >= 11 is 0. The summed E-state index contributed by atoms with van der Waals surface area (Å²) in [4.78, 5) is 0. The van der Waals surface area contributed by atoms with E-state index >= 15 is 0 Å². The minimum atomic E-state index is -0.212. The maximum Gasteiger partial charge on any atom is 0.126 e. The summed E-state index contributed by atoms with van der Waals surface area (Å²) < 4.78 is 13.2. The fraction of sp³-hybridized carbons (Fsp3) is 0.500. The Hall–Kier alpha value is -1.80. The largest absolute Gasteiger partial charge is 0.487 e. The number of hydrogen-bond donors (Lipinski definition) is 0. The zero-order valence-corrected chi connectivity index (χ0v) is 16.6. The molecule has 2 aliphatic rings. The predicted octanol–water partition coefficient (Wildman–Crippen LogP) is 6.36. The molecule has 26 heavy (non-hydrogen) atoms. The average molecular weight is 351 g/mol. The summed E-state index contributed by atoms with van der Waals surface area (Å²) in [5.74, 6) is 1.38. The van der Waals surface area contributed by atoms with Gasteiger partial charge in [-0.3, -0.25) is 0 Å². The maximum absolute atomic E-state index is 6.68. The molecule has 0 amide bonds. The molecule has 4 rings (SSSR count). The second-order valence-corrected chi connectivity index (χ2v) is 9.35. The number of hydrogen-bond acceptors (Lipinski definition) is 2. The normalized spacial score (nSPS) is 27.2. The number of ether oxygens (including phenoxy) is 2. The lowest BCUT2D eigenvalue weighted by atomic mass is 9.74. The third kappa shape index (κ3) is 3.05. The maximum atomic E-state index is 6.68. The van der Waals surface area contributed by atoms with Crippen molar-refractivity contribution in [1.29, 1.82) is 0 Å². The fourth-order valence-electron chi connectivity index (χ4n) is 4.42. The second-order valence-electron chi connectivity index (χ2n) is 9.35. The highest BCUT2D eigenvalue weighted by Gasteiger charge is 2.47. The summed E-state index contributed by atoms with van der Waals surface area (Å²) in [6.45, 7) is 11.2. The fourth-order valence-corrected chi connectivity index (χ4v) is 4.42. The molecular formula is C24H30O2. The van der Waals surface area contributed by atoms with Gasteiger partial charge >= 0.3 is 0 Å². The van der Waals surface area contributed by atoms with Crippen LogP contribution in [-0.4, -0.2) is 5.60 Å². The zero-order chi connectivity index (χ0) is 18.5. The van der Waals surface area contributed by atoms with E-state index in [1.54, 1.807) is 0 Å². The van der Waals surface area contributed by atoms with Crippen LogP contribution in [-0.2, 0) is 10.2 Å². The van der Waals surface area contributed by atoms with Crippen molar-refractivity contribution in [2.45, 2.75) is 70.7 Å². The number of benzene rings is 2. The smallest absolute Gasteiger partial charge is 0.126 e. The molecule has 0 bridgehead atoms. The molecule has 2 heteroatoms. The molecule has 0 unspecified atom stereocenters. The van der Waals surface area contributed by atoms with Gasteiger partial charge in [-0.15, -0.1) is 0 Å². The van der Waals surface area contributed by atoms with Crippen LogP contribution in [0.4, 0.5) is 0 Å². The lowest BCUT2D eigenvalue weighted by Crippen LogP contribution is -2.47. The summed E-state index contributed by atoms with van der Waals surface area (Å²) in [6, 6.07) is 17.3. The monoisotopic (exact) mass is 350 g/mol. The molecule has 1 fully saturated rings. The summed E-state index contributed by atoms with van der Waals surface area (Å²) in [6.07, 6.45) is 2.44. The van der Waals surface area contributed by atoms with Gasteiger partial charge in [0.2, 0.25) is 0 Å². The summed E-state index contributed by atoms with van der Waals surface area (Å²) in [5.41, 5.74) is 3.70. The molecule has 2 nitrogen and oxygen atoms in total. The van der Waals surface area contributed by atoms with Crippen molar-refractivity contribution >= 4 is 0 Å². The molecule has 2 aliphatic heterocycles. The average Bonchev–Trinajstić information content (AvgIpc) is 2.60. The minimum absolute atomic E-state index is 0.0988. The Morgan fingerprint density at radius 2 is 1.69 bits per heavy atom. The van der Waals surface area contributed by atoms with E-state index in [0.717, 1.165) is 18.6 Å². The van der Waals surface area contributed by atoms with Crippen molar-refractivity contribution in [1.82, 2.24) is 0 Å². The van der Waals surface area contributed by atoms with Crippen LogP contribution in [0.2, 0.25) is 0 Å². The highest BCUT2D eigenvalue weighted by atomic mass is 16.5. The molecular weight excluding hydrogens is 320 g/mol. The number of rotatable bonds is 1. The molecule has 0 spiro atoms. The highest BCUT2D eigenvalue weighted by molar-refractivity contribution is 5.44. The first-order valence-electron chi connectivity index (χ1n) is 9.79. The molecule has 0 radical (unpaired) electrons. The molecule has 0 aliphatic carbocycles. The van der Waals surface area contributed by atoms with E-state index in [2.05, 4.69) is 83.1 Å². The van der Waals surface area contributed by atoms with Gasteiger partial charge in [0, 0.05) is 11.5 Å². The van der Waals surface area contributed by atoms with E-state index in [1.165, 1.54) is 16.7 Å². The Balaban J connectivity index is 1.71. The SMILES string of the molecule is CC(C)(C)c1ccc2c(c1)OC(C)(C)[C@H]1CC[C@H](c3ccccc3)O[C@H]21. The highest BCUT2D eigenvalue weighted by Crippen LogP contribution is 2.53. The van der Waals surface area contributed by atoms with Gasteiger partial charge in [-0.25, -0.2) is 0 Å². The van der Waals surface area contributed by atoms with E-state index in [0.29, 0.717) is 5.92 Å². The molecule has 3 atom stereocenters. The molecule has 2 heterocycles. The van der Waals surface area contributed by atoms with Gasteiger partial charge in [-0.1, -0.05) is 63.2 Å². The third-order valence-corrected chi connectivity index (χ3v) is 6.04. The van der Waals surface area contributed by atoms with Gasteiger partial charge in [-0.2, -0.15) is 0 Å². The van der Waals surface area contributed by atoms with Crippen LogP contribution in [0.1, 0.15) is 76.4 Å². The molecule has 2 aromatic carbocycles. The standard InChI is InChI=1S/C24H30O2/c1-23(2,3)17-11-12-18-21(15-17)26-24(4,5)19-13-14-20(25-22(18)19)16-9-7-6-8-10-16/h6-12,15,19-20,22H,13-14H2,1-5H3/t19-,20+,22+/m0/s1. The Morgan fingerprint density at radius 1 is 0.962 bits per heavy atom. The Labute approximate surface area is 157 Å². The molecule has 1 saturated heterocycles. The van der Waals surface area contributed by atoms with Crippen molar-refractivity contribution in [3.05, 3.63) is 65.2 Å². The Kier molecular flexibility index (Phi) is 4.15. The second kappa shape index (κ2) is 6.13. The van der Waals surface area contributed by atoms with Crippen molar-refractivity contribution in [3.8, 4) is 5.75 Å². The van der Waals surface area contributed by atoms with Gasteiger partial charge < -0.3 is 9.47 Å². The van der Waals surface area contributed by atoms with Gasteiger partial charge in [0.05, 0.1) is 12.2 Å². The van der Waals surface area contributed by atoms with Gasteiger partial charge in [-0.05, 0) is 49.3 Å². The first-order chi connectivity index (χ1) is 12.3. The lowest BCUT2D eigenvalue weighted by molar-refractivity contribution is -0.151. The van der Waals surface area contributed by atoms with Crippen molar-refractivity contribution in [2.24, 2.45) is 5.92 Å². The predicted molar refractivity (Wildman–Crippen MR) is 106 cm³/mol. The van der Waals surface area contributed by atoms with Crippen LogP contribution in [0.25, 0.3) is 0 Å². The zero-order valence-electron chi connectivity index (χ0n) is 16.6. The molecule has 138 valence electrons. The van der Waals surface area contributed by atoms with Gasteiger partial charge in [0.1, 0.15) is 11.4 Å². The van der Waals surface area contributed by atoms with Crippen LogP contribution >= 0.6 is 0 Å². The minimum Gasteiger partial charge on any atom is -0.487 e. The van der Waals surface area contributed by atoms with Crippen LogP contribution in [0.5, 0.6) is 5.75 Å². The van der Waals surface area contributed by atoms with Gasteiger partial charge in [0.15, 0.2) is 0 Å². The van der Waals surface area contributed by atoms with E-state index < -0.39 is 0 Å². The molecule has 0 N–H and O–H groups in total. The third-order valence-electron chi connectivity index (χ3n) is 6.04. The molecule has 0 saturated carbocycles.